The van der Waals surface area contributed by atoms with Crippen LogP contribution >= 0.6 is 0 Å². The SMILES string of the molecule is CCCC(NCC)C(C)c1ccc(S(C)(=O)=O)cc1. The summed E-state index contributed by atoms with van der Waals surface area (Å²) in [6, 6.07) is 7.72. The van der Waals surface area contributed by atoms with Gasteiger partial charge in [-0.15, -0.1) is 0 Å². The van der Waals surface area contributed by atoms with Crippen molar-refractivity contribution in [1.82, 2.24) is 5.32 Å². The molecule has 0 amide bonds. The Morgan fingerprint density at radius 1 is 1.16 bits per heavy atom. The number of rotatable bonds is 7. The highest BCUT2D eigenvalue weighted by Gasteiger charge is 2.17. The van der Waals surface area contributed by atoms with E-state index < -0.39 is 9.84 Å². The van der Waals surface area contributed by atoms with Gasteiger partial charge in [0.15, 0.2) is 9.84 Å². The number of nitrogens with one attached hydrogen (secondary N) is 1. The Morgan fingerprint density at radius 2 is 1.74 bits per heavy atom. The minimum atomic E-state index is -3.10. The second kappa shape index (κ2) is 7.06. The predicted octanol–water partition coefficient (Wildman–Crippen LogP) is 2.97. The summed E-state index contributed by atoms with van der Waals surface area (Å²) in [5, 5.41) is 3.51. The summed E-state index contributed by atoms with van der Waals surface area (Å²) in [6.45, 7) is 7.45. The average molecular weight is 283 g/mol. The van der Waals surface area contributed by atoms with Gasteiger partial charge in [0.25, 0.3) is 0 Å². The highest BCUT2D eigenvalue weighted by atomic mass is 32.2. The zero-order valence-electron chi connectivity index (χ0n) is 12.3. The molecular formula is C15H25NO2S. The molecule has 0 heterocycles. The van der Waals surface area contributed by atoms with E-state index in [-0.39, 0.29) is 0 Å². The standard InChI is InChI=1S/C15H25NO2S/c1-5-7-15(16-6-2)12(3)13-8-10-14(11-9-13)19(4,17)18/h8-12,15-16H,5-7H2,1-4H3. The maximum Gasteiger partial charge on any atom is 0.175 e. The minimum absolute atomic E-state index is 0.383. The van der Waals surface area contributed by atoms with Gasteiger partial charge < -0.3 is 5.32 Å². The predicted molar refractivity (Wildman–Crippen MR) is 80.3 cm³/mol. The van der Waals surface area contributed by atoms with Gasteiger partial charge in [-0.3, -0.25) is 0 Å². The van der Waals surface area contributed by atoms with E-state index in [1.165, 1.54) is 11.8 Å². The van der Waals surface area contributed by atoms with Crippen molar-refractivity contribution in [2.45, 2.75) is 50.5 Å². The number of sulfone groups is 1. The van der Waals surface area contributed by atoms with Crippen molar-refractivity contribution in [2.24, 2.45) is 0 Å². The van der Waals surface area contributed by atoms with Crippen molar-refractivity contribution in [3.8, 4) is 0 Å². The quantitative estimate of drug-likeness (QED) is 0.837. The molecule has 1 N–H and O–H groups in total. The van der Waals surface area contributed by atoms with Crippen LogP contribution in [-0.4, -0.2) is 27.3 Å². The fraction of sp³-hybridized carbons (Fsp3) is 0.600. The Bertz CT molecular complexity index is 473. The lowest BCUT2D eigenvalue weighted by molar-refractivity contribution is 0.430. The molecule has 0 saturated carbocycles. The molecule has 0 saturated heterocycles. The van der Waals surface area contributed by atoms with E-state index in [4.69, 9.17) is 0 Å². The van der Waals surface area contributed by atoms with E-state index >= 15 is 0 Å². The van der Waals surface area contributed by atoms with Gasteiger partial charge in [0.2, 0.25) is 0 Å². The van der Waals surface area contributed by atoms with E-state index in [0.29, 0.717) is 16.9 Å². The Balaban J connectivity index is 2.89. The van der Waals surface area contributed by atoms with Gasteiger partial charge in [0, 0.05) is 12.3 Å². The molecule has 0 aliphatic heterocycles. The molecular weight excluding hydrogens is 258 g/mol. The third-order valence-corrected chi connectivity index (χ3v) is 4.63. The second-order valence-corrected chi connectivity index (χ2v) is 7.10. The second-order valence-electron chi connectivity index (χ2n) is 5.08. The molecule has 0 aromatic heterocycles. The normalized spacial score (nSPS) is 15.2. The van der Waals surface area contributed by atoms with Gasteiger partial charge >= 0.3 is 0 Å². The van der Waals surface area contributed by atoms with E-state index in [2.05, 4.69) is 26.1 Å². The van der Waals surface area contributed by atoms with Crippen LogP contribution in [0.15, 0.2) is 29.2 Å². The van der Waals surface area contributed by atoms with E-state index in [1.54, 1.807) is 12.1 Å². The number of likely N-dealkylation sites (N-methyl/N-ethyl adjacent to an activating group) is 1. The first-order valence-corrected chi connectivity index (χ1v) is 8.82. The molecule has 3 nitrogen and oxygen atoms in total. The number of hydrogen-bond donors (Lipinski definition) is 1. The third kappa shape index (κ3) is 4.62. The highest BCUT2D eigenvalue weighted by molar-refractivity contribution is 7.90. The van der Waals surface area contributed by atoms with Gasteiger partial charge in [-0.05, 0) is 36.6 Å². The van der Waals surface area contributed by atoms with Crippen LogP contribution in [0.25, 0.3) is 0 Å². The number of hydrogen-bond acceptors (Lipinski definition) is 3. The van der Waals surface area contributed by atoms with Crippen molar-refractivity contribution in [1.29, 1.82) is 0 Å². The van der Waals surface area contributed by atoms with Crippen molar-refractivity contribution in [3.05, 3.63) is 29.8 Å². The summed E-state index contributed by atoms with van der Waals surface area (Å²) in [5.74, 6) is 0.383. The third-order valence-electron chi connectivity index (χ3n) is 3.50. The Kier molecular flexibility index (Phi) is 6.01. The van der Waals surface area contributed by atoms with Crippen molar-refractivity contribution in [2.75, 3.05) is 12.8 Å². The lowest BCUT2D eigenvalue weighted by atomic mass is 9.90. The Morgan fingerprint density at radius 3 is 2.16 bits per heavy atom. The molecule has 1 rings (SSSR count). The molecule has 108 valence electrons. The maximum absolute atomic E-state index is 11.4. The van der Waals surface area contributed by atoms with E-state index in [0.717, 1.165) is 19.4 Å². The van der Waals surface area contributed by atoms with Gasteiger partial charge in [-0.1, -0.05) is 39.3 Å². The van der Waals surface area contributed by atoms with Crippen LogP contribution < -0.4 is 5.32 Å². The Hall–Kier alpha value is -0.870. The molecule has 4 heteroatoms. The van der Waals surface area contributed by atoms with Crippen LogP contribution in [0.3, 0.4) is 0 Å². The smallest absolute Gasteiger partial charge is 0.175 e. The largest absolute Gasteiger partial charge is 0.314 e. The summed E-state index contributed by atoms with van der Waals surface area (Å²) in [7, 11) is -3.10. The van der Waals surface area contributed by atoms with Crippen molar-refractivity contribution < 1.29 is 8.42 Å². The molecule has 0 aliphatic rings. The van der Waals surface area contributed by atoms with Crippen LogP contribution in [-0.2, 0) is 9.84 Å². The van der Waals surface area contributed by atoms with Gasteiger partial charge in [0.1, 0.15) is 0 Å². The van der Waals surface area contributed by atoms with E-state index in [1.807, 2.05) is 12.1 Å². The molecule has 0 radical (unpaired) electrons. The zero-order chi connectivity index (χ0) is 14.5. The fourth-order valence-corrected chi connectivity index (χ4v) is 2.98. The molecule has 2 unspecified atom stereocenters. The maximum atomic E-state index is 11.4. The molecule has 0 bridgehead atoms. The molecule has 0 aliphatic carbocycles. The van der Waals surface area contributed by atoms with Crippen LogP contribution in [0.4, 0.5) is 0 Å². The molecule has 19 heavy (non-hydrogen) atoms. The zero-order valence-corrected chi connectivity index (χ0v) is 13.1. The van der Waals surface area contributed by atoms with Crippen molar-refractivity contribution >= 4 is 9.84 Å². The minimum Gasteiger partial charge on any atom is -0.314 e. The summed E-state index contributed by atoms with van der Waals surface area (Å²) >= 11 is 0. The van der Waals surface area contributed by atoms with E-state index in [9.17, 15) is 8.42 Å². The van der Waals surface area contributed by atoms with Gasteiger partial charge in [-0.2, -0.15) is 0 Å². The summed E-state index contributed by atoms with van der Waals surface area (Å²) < 4.78 is 22.9. The average Bonchev–Trinajstić information content (AvgIpc) is 2.37. The lowest BCUT2D eigenvalue weighted by Crippen LogP contribution is -2.33. The Labute approximate surface area is 117 Å². The first kappa shape index (κ1) is 16.2. The van der Waals surface area contributed by atoms with Crippen LogP contribution in [0.5, 0.6) is 0 Å². The topological polar surface area (TPSA) is 46.2 Å². The molecule has 1 aromatic carbocycles. The molecule has 0 spiro atoms. The summed E-state index contributed by atoms with van der Waals surface area (Å²) in [6.07, 6.45) is 3.51. The fourth-order valence-electron chi connectivity index (χ4n) is 2.35. The first-order chi connectivity index (χ1) is 8.90. The number of benzene rings is 1. The van der Waals surface area contributed by atoms with Crippen molar-refractivity contribution in [3.63, 3.8) is 0 Å². The summed E-state index contributed by atoms with van der Waals surface area (Å²) in [5.41, 5.74) is 1.19. The monoisotopic (exact) mass is 283 g/mol. The lowest BCUT2D eigenvalue weighted by Gasteiger charge is -2.25. The van der Waals surface area contributed by atoms with Crippen LogP contribution in [0, 0.1) is 0 Å². The summed E-state index contributed by atoms with van der Waals surface area (Å²) in [4.78, 5) is 0.388. The molecule has 1 aromatic rings. The molecule has 0 fully saturated rings. The molecule has 2 atom stereocenters. The van der Waals surface area contributed by atoms with Crippen LogP contribution in [0.1, 0.15) is 45.1 Å². The van der Waals surface area contributed by atoms with Gasteiger partial charge in [0.05, 0.1) is 4.90 Å². The van der Waals surface area contributed by atoms with Crippen LogP contribution in [0.2, 0.25) is 0 Å². The highest BCUT2D eigenvalue weighted by Crippen LogP contribution is 2.23. The van der Waals surface area contributed by atoms with Gasteiger partial charge in [-0.25, -0.2) is 8.42 Å². The first-order valence-electron chi connectivity index (χ1n) is 6.93.